The molecule has 2 aromatic rings. The van der Waals surface area contributed by atoms with Gasteiger partial charge in [-0.05, 0) is 18.1 Å². The molecular weight excluding hydrogens is 417 g/mol. The Morgan fingerprint density at radius 1 is 1.28 bits per heavy atom. The molecule has 1 aliphatic heterocycles. The van der Waals surface area contributed by atoms with Crippen LogP contribution in [0.1, 0.15) is 25.3 Å². The average Bonchev–Trinajstić information content (AvgIpc) is 2.65. The number of aromatic nitrogens is 2. The number of allylic oxidation sites excluding steroid dienone is 1. The van der Waals surface area contributed by atoms with Crippen molar-refractivity contribution in [2.75, 3.05) is 10.7 Å². The molecule has 0 fully saturated rings. The lowest BCUT2D eigenvalue weighted by Gasteiger charge is -2.24. The normalized spacial score (nSPS) is 13.8. The number of nitrogen functional groups attached to an aromatic ring is 1. The number of nitriles is 1. The summed E-state index contributed by atoms with van der Waals surface area (Å²) in [5.74, 6) is 0.706. The van der Waals surface area contributed by atoms with Gasteiger partial charge in [-0.1, -0.05) is 43.6 Å². The van der Waals surface area contributed by atoms with Gasteiger partial charge in [0, 0.05) is 11.6 Å². The van der Waals surface area contributed by atoms with Crippen molar-refractivity contribution in [2.24, 2.45) is 5.10 Å². The molecule has 148 valence electrons. The summed E-state index contributed by atoms with van der Waals surface area (Å²) in [5, 5.41) is 24.4. The number of carbonyl (C=O) groups excluding carboxylic acids is 1. The van der Waals surface area contributed by atoms with Crippen LogP contribution < -0.4 is 20.8 Å². The predicted molar refractivity (Wildman–Crippen MR) is 110 cm³/mol. The van der Waals surface area contributed by atoms with Gasteiger partial charge in [0.25, 0.3) is 0 Å². The van der Waals surface area contributed by atoms with E-state index in [0.29, 0.717) is 5.82 Å². The Hall–Kier alpha value is -3.35. The van der Waals surface area contributed by atoms with Crippen molar-refractivity contribution < 1.29 is 9.53 Å². The number of hydrogen-bond acceptors (Lipinski definition) is 7. The molecular formula is C18H15Cl2N7O2. The molecule has 3 rings (SSSR count). The summed E-state index contributed by atoms with van der Waals surface area (Å²) in [7, 11) is 0. The van der Waals surface area contributed by atoms with Crippen LogP contribution in [0, 0.1) is 11.3 Å². The number of anilines is 2. The molecule has 9 nitrogen and oxygen atoms in total. The van der Waals surface area contributed by atoms with Crippen molar-refractivity contribution in [3.05, 3.63) is 46.1 Å². The molecule has 0 radical (unpaired) electrons. The lowest BCUT2D eigenvalue weighted by Crippen LogP contribution is -2.42. The molecule has 0 atom stereocenters. The van der Waals surface area contributed by atoms with Crippen molar-refractivity contribution in [3.63, 3.8) is 0 Å². The molecule has 0 saturated carbocycles. The highest BCUT2D eigenvalue weighted by molar-refractivity contribution is 6.37. The molecule has 0 saturated heterocycles. The van der Waals surface area contributed by atoms with Crippen LogP contribution in [-0.4, -0.2) is 21.9 Å². The fraction of sp³-hybridized carbons (Fsp3) is 0.167. The van der Waals surface area contributed by atoms with Crippen LogP contribution in [0.5, 0.6) is 11.6 Å². The summed E-state index contributed by atoms with van der Waals surface area (Å²) in [6.45, 7) is 7.48. The van der Waals surface area contributed by atoms with Crippen LogP contribution in [0.25, 0.3) is 0 Å². The first kappa shape index (κ1) is 20.4. The van der Waals surface area contributed by atoms with Gasteiger partial charge in [0.05, 0.1) is 21.4 Å². The number of amides is 2. The number of urea groups is 1. The van der Waals surface area contributed by atoms with Crippen molar-refractivity contribution in [1.82, 2.24) is 15.5 Å². The summed E-state index contributed by atoms with van der Waals surface area (Å²) in [6, 6.07) is 5.73. The SMILES string of the molecule is C=C1NC(=O)N(c2cc(Cl)c(Oc3cc(C(C)C)c(N)nn3)c(Cl)c2)N=C1C#N. The minimum Gasteiger partial charge on any atom is -0.434 e. The van der Waals surface area contributed by atoms with Crippen LogP contribution in [-0.2, 0) is 0 Å². The third-order valence-corrected chi connectivity index (χ3v) is 4.49. The molecule has 0 bridgehead atoms. The molecule has 3 N–H and O–H groups in total. The Labute approximate surface area is 176 Å². The monoisotopic (exact) mass is 431 g/mol. The van der Waals surface area contributed by atoms with Gasteiger partial charge in [0.1, 0.15) is 11.9 Å². The predicted octanol–water partition coefficient (Wildman–Crippen LogP) is 4.20. The molecule has 0 unspecified atom stereocenters. The number of rotatable bonds is 4. The number of nitrogens with one attached hydrogen (secondary N) is 1. The minimum atomic E-state index is -0.610. The maximum absolute atomic E-state index is 12.2. The van der Waals surface area contributed by atoms with E-state index in [1.165, 1.54) is 12.1 Å². The summed E-state index contributed by atoms with van der Waals surface area (Å²) in [6.07, 6.45) is 0. The van der Waals surface area contributed by atoms with Crippen LogP contribution in [0.15, 0.2) is 35.6 Å². The Kier molecular flexibility index (Phi) is 5.59. The first-order chi connectivity index (χ1) is 13.7. The van der Waals surface area contributed by atoms with E-state index in [4.69, 9.17) is 38.9 Å². The summed E-state index contributed by atoms with van der Waals surface area (Å²) >= 11 is 12.6. The molecule has 1 aromatic heterocycles. The van der Waals surface area contributed by atoms with E-state index in [1.807, 2.05) is 19.9 Å². The second-order valence-corrected chi connectivity index (χ2v) is 7.11. The maximum Gasteiger partial charge on any atom is 0.347 e. The molecule has 2 amide bonds. The van der Waals surface area contributed by atoms with E-state index < -0.39 is 6.03 Å². The minimum absolute atomic E-state index is 0.0458. The second-order valence-electron chi connectivity index (χ2n) is 6.30. The topological polar surface area (TPSA) is 130 Å². The highest BCUT2D eigenvalue weighted by Gasteiger charge is 2.26. The molecule has 29 heavy (non-hydrogen) atoms. The van der Waals surface area contributed by atoms with Gasteiger partial charge < -0.3 is 15.8 Å². The quantitative estimate of drug-likeness (QED) is 0.745. The van der Waals surface area contributed by atoms with E-state index in [-0.39, 0.29) is 44.7 Å². The molecule has 1 aromatic carbocycles. The van der Waals surface area contributed by atoms with Crippen LogP contribution in [0.2, 0.25) is 10.0 Å². The molecule has 2 heterocycles. The van der Waals surface area contributed by atoms with Gasteiger partial charge in [-0.15, -0.1) is 10.2 Å². The summed E-state index contributed by atoms with van der Waals surface area (Å²) in [5.41, 5.74) is 6.88. The Balaban J connectivity index is 1.96. The highest BCUT2D eigenvalue weighted by atomic mass is 35.5. The van der Waals surface area contributed by atoms with E-state index >= 15 is 0 Å². The zero-order valence-corrected chi connectivity index (χ0v) is 16.9. The lowest BCUT2D eigenvalue weighted by molar-refractivity contribution is 0.248. The van der Waals surface area contributed by atoms with Crippen molar-refractivity contribution in [3.8, 4) is 17.7 Å². The third-order valence-electron chi connectivity index (χ3n) is 3.93. The van der Waals surface area contributed by atoms with E-state index in [1.54, 1.807) is 6.07 Å². The Morgan fingerprint density at radius 3 is 2.52 bits per heavy atom. The first-order valence-corrected chi connectivity index (χ1v) is 9.06. The van der Waals surface area contributed by atoms with E-state index in [9.17, 15) is 4.79 Å². The number of hydrogen-bond donors (Lipinski definition) is 2. The molecule has 0 aliphatic carbocycles. The lowest BCUT2D eigenvalue weighted by atomic mass is 10.1. The van der Waals surface area contributed by atoms with E-state index in [0.717, 1.165) is 10.6 Å². The van der Waals surface area contributed by atoms with Crippen molar-refractivity contribution in [1.29, 1.82) is 5.26 Å². The van der Waals surface area contributed by atoms with Gasteiger partial charge in [-0.25, -0.2) is 4.79 Å². The second kappa shape index (κ2) is 7.95. The number of carbonyl (C=O) groups is 1. The maximum atomic E-state index is 12.2. The fourth-order valence-electron chi connectivity index (χ4n) is 2.49. The number of nitrogens with zero attached hydrogens (tertiary/aromatic N) is 5. The summed E-state index contributed by atoms with van der Waals surface area (Å²) < 4.78 is 5.70. The smallest absolute Gasteiger partial charge is 0.347 e. The Morgan fingerprint density at radius 2 is 1.93 bits per heavy atom. The standard InChI is InChI=1S/C18H15Cl2N7O2/c1-8(2)11-6-15(24-25-17(11)22)29-16-12(19)4-10(5-13(16)20)27-18(28)23-9(3)14(7-21)26-27/h4-6,8H,3H2,1-2H3,(H2,22,25)(H,23,28). The number of nitrogens with two attached hydrogens (primary N) is 1. The fourth-order valence-corrected chi connectivity index (χ4v) is 3.04. The van der Waals surface area contributed by atoms with Gasteiger partial charge in [0.15, 0.2) is 11.5 Å². The molecule has 1 aliphatic rings. The van der Waals surface area contributed by atoms with Crippen LogP contribution >= 0.6 is 23.2 Å². The molecule has 11 heteroatoms. The molecule has 0 spiro atoms. The van der Waals surface area contributed by atoms with Crippen molar-refractivity contribution in [2.45, 2.75) is 19.8 Å². The van der Waals surface area contributed by atoms with Gasteiger partial charge in [-0.3, -0.25) is 0 Å². The zero-order valence-electron chi connectivity index (χ0n) is 15.4. The van der Waals surface area contributed by atoms with Gasteiger partial charge in [0.2, 0.25) is 5.88 Å². The van der Waals surface area contributed by atoms with Crippen molar-refractivity contribution >= 4 is 46.4 Å². The number of ether oxygens (including phenoxy) is 1. The third kappa shape index (κ3) is 4.08. The van der Waals surface area contributed by atoms with Gasteiger partial charge in [-0.2, -0.15) is 15.4 Å². The largest absolute Gasteiger partial charge is 0.434 e. The number of hydrazone groups is 1. The zero-order chi connectivity index (χ0) is 21.3. The number of halogens is 2. The van der Waals surface area contributed by atoms with E-state index in [2.05, 4.69) is 27.2 Å². The van der Waals surface area contributed by atoms with Crippen LogP contribution in [0.4, 0.5) is 16.3 Å². The highest BCUT2D eigenvalue weighted by Crippen LogP contribution is 2.40. The Bertz CT molecular complexity index is 1070. The summed E-state index contributed by atoms with van der Waals surface area (Å²) in [4.78, 5) is 12.2. The number of benzene rings is 1. The average molecular weight is 432 g/mol. The van der Waals surface area contributed by atoms with Crippen LogP contribution in [0.3, 0.4) is 0 Å². The first-order valence-electron chi connectivity index (χ1n) is 8.30. The van der Waals surface area contributed by atoms with Gasteiger partial charge >= 0.3 is 6.03 Å².